The van der Waals surface area contributed by atoms with E-state index in [1.807, 2.05) is 25.2 Å². The van der Waals surface area contributed by atoms with Crippen molar-refractivity contribution in [2.45, 2.75) is 32.7 Å². The molecular formula is C21H27NO3. The lowest BCUT2D eigenvalue weighted by molar-refractivity contribution is -0.130. The van der Waals surface area contributed by atoms with Crippen LogP contribution in [0.4, 0.5) is 0 Å². The van der Waals surface area contributed by atoms with Crippen LogP contribution in [0.3, 0.4) is 0 Å². The van der Waals surface area contributed by atoms with Crippen LogP contribution in [0.2, 0.25) is 0 Å². The molecule has 2 rings (SSSR count). The minimum absolute atomic E-state index is 0.134. The summed E-state index contributed by atoms with van der Waals surface area (Å²) >= 11 is 0. The fourth-order valence-electron chi connectivity index (χ4n) is 2.72. The molecule has 0 saturated heterocycles. The van der Waals surface area contributed by atoms with Gasteiger partial charge in [0.25, 0.3) is 0 Å². The Kier molecular flexibility index (Phi) is 6.87. The quantitative estimate of drug-likeness (QED) is 0.732. The van der Waals surface area contributed by atoms with Crippen molar-refractivity contribution in [3.63, 3.8) is 0 Å². The number of nitrogens with zero attached hydrogens (tertiary/aromatic N) is 1. The maximum Gasteiger partial charge on any atom is 0.222 e. The van der Waals surface area contributed by atoms with E-state index in [1.54, 1.807) is 19.1 Å². The molecular weight excluding hydrogens is 314 g/mol. The van der Waals surface area contributed by atoms with Gasteiger partial charge >= 0.3 is 0 Å². The summed E-state index contributed by atoms with van der Waals surface area (Å²) in [6.45, 7) is 2.77. The highest BCUT2D eigenvalue weighted by Crippen LogP contribution is 2.28. The molecule has 2 aromatic rings. The number of hydrogen-bond donors (Lipinski definition) is 0. The minimum Gasteiger partial charge on any atom is -0.493 e. The number of benzene rings is 2. The van der Waals surface area contributed by atoms with Crippen LogP contribution in [0, 0.1) is 0 Å². The number of ether oxygens (including phenoxy) is 2. The molecule has 1 amide bonds. The van der Waals surface area contributed by atoms with Crippen LogP contribution in [-0.2, 0) is 24.2 Å². The second-order valence-corrected chi connectivity index (χ2v) is 6.11. The molecule has 4 nitrogen and oxygen atoms in total. The highest BCUT2D eigenvalue weighted by molar-refractivity contribution is 5.76. The summed E-state index contributed by atoms with van der Waals surface area (Å²) in [5.41, 5.74) is 3.53. The Bertz CT molecular complexity index is 695. The molecule has 25 heavy (non-hydrogen) atoms. The fourth-order valence-corrected chi connectivity index (χ4v) is 2.72. The van der Waals surface area contributed by atoms with Crippen molar-refractivity contribution in [1.29, 1.82) is 0 Å². The summed E-state index contributed by atoms with van der Waals surface area (Å²) in [6.07, 6.45) is 2.18. The normalized spacial score (nSPS) is 10.4. The molecule has 2 aromatic carbocycles. The Morgan fingerprint density at radius 2 is 1.52 bits per heavy atom. The maximum atomic E-state index is 12.4. The van der Waals surface area contributed by atoms with Crippen molar-refractivity contribution in [3.8, 4) is 11.5 Å². The van der Waals surface area contributed by atoms with E-state index in [9.17, 15) is 4.79 Å². The summed E-state index contributed by atoms with van der Waals surface area (Å²) in [4.78, 5) is 14.2. The summed E-state index contributed by atoms with van der Waals surface area (Å²) in [5.74, 6) is 1.52. The van der Waals surface area contributed by atoms with Crippen LogP contribution in [0.5, 0.6) is 11.5 Å². The number of amides is 1. The lowest BCUT2D eigenvalue weighted by Gasteiger charge is -2.18. The minimum atomic E-state index is 0.134. The van der Waals surface area contributed by atoms with Gasteiger partial charge in [0.1, 0.15) is 0 Å². The average Bonchev–Trinajstić information content (AvgIpc) is 2.66. The molecule has 0 radical (unpaired) electrons. The van der Waals surface area contributed by atoms with Crippen LogP contribution in [0.15, 0.2) is 42.5 Å². The first-order valence-electron chi connectivity index (χ1n) is 8.60. The first-order chi connectivity index (χ1) is 12.1. The van der Waals surface area contributed by atoms with E-state index in [1.165, 1.54) is 5.56 Å². The highest BCUT2D eigenvalue weighted by atomic mass is 16.5. The number of hydrogen-bond acceptors (Lipinski definition) is 3. The van der Waals surface area contributed by atoms with E-state index >= 15 is 0 Å². The van der Waals surface area contributed by atoms with Crippen molar-refractivity contribution in [1.82, 2.24) is 4.90 Å². The van der Waals surface area contributed by atoms with Gasteiger partial charge in [0.2, 0.25) is 5.91 Å². The van der Waals surface area contributed by atoms with Crippen LogP contribution < -0.4 is 9.47 Å². The van der Waals surface area contributed by atoms with Crippen molar-refractivity contribution in [3.05, 3.63) is 59.2 Å². The van der Waals surface area contributed by atoms with Crippen molar-refractivity contribution in [2.75, 3.05) is 21.3 Å². The third kappa shape index (κ3) is 5.24. The van der Waals surface area contributed by atoms with E-state index in [0.717, 1.165) is 17.5 Å². The molecule has 0 unspecified atom stereocenters. The average molecular weight is 341 g/mol. The van der Waals surface area contributed by atoms with Crippen LogP contribution in [0.25, 0.3) is 0 Å². The third-order valence-electron chi connectivity index (χ3n) is 4.35. The van der Waals surface area contributed by atoms with Gasteiger partial charge < -0.3 is 14.4 Å². The maximum absolute atomic E-state index is 12.4. The largest absolute Gasteiger partial charge is 0.493 e. The Morgan fingerprint density at radius 1 is 0.920 bits per heavy atom. The molecule has 134 valence electrons. The highest BCUT2D eigenvalue weighted by Gasteiger charge is 2.11. The monoisotopic (exact) mass is 341 g/mol. The molecule has 0 aliphatic rings. The first kappa shape index (κ1) is 18.8. The second kappa shape index (κ2) is 9.11. The lowest BCUT2D eigenvalue weighted by Crippen LogP contribution is -2.26. The first-order valence-corrected chi connectivity index (χ1v) is 8.60. The van der Waals surface area contributed by atoms with E-state index in [-0.39, 0.29) is 5.91 Å². The van der Waals surface area contributed by atoms with Crippen molar-refractivity contribution >= 4 is 5.91 Å². The van der Waals surface area contributed by atoms with Gasteiger partial charge in [0.05, 0.1) is 14.2 Å². The van der Waals surface area contributed by atoms with Crippen LogP contribution in [-0.4, -0.2) is 32.1 Å². The van der Waals surface area contributed by atoms with E-state index < -0.39 is 0 Å². The summed E-state index contributed by atoms with van der Waals surface area (Å²) < 4.78 is 10.5. The number of aryl methyl sites for hydroxylation is 2. The topological polar surface area (TPSA) is 38.8 Å². The summed E-state index contributed by atoms with van der Waals surface area (Å²) in [6, 6.07) is 14.2. The molecule has 0 fully saturated rings. The molecule has 0 aliphatic heterocycles. The van der Waals surface area contributed by atoms with Gasteiger partial charge in [-0.25, -0.2) is 0 Å². The van der Waals surface area contributed by atoms with E-state index in [4.69, 9.17) is 9.47 Å². The zero-order valence-corrected chi connectivity index (χ0v) is 15.5. The van der Waals surface area contributed by atoms with Gasteiger partial charge in [-0.1, -0.05) is 37.3 Å². The number of methoxy groups -OCH3 is 2. The molecule has 0 atom stereocenters. The third-order valence-corrected chi connectivity index (χ3v) is 4.35. The van der Waals surface area contributed by atoms with Crippen LogP contribution >= 0.6 is 0 Å². The van der Waals surface area contributed by atoms with Gasteiger partial charge in [-0.05, 0) is 41.7 Å². The molecule has 0 aromatic heterocycles. The van der Waals surface area contributed by atoms with Gasteiger partial charge in [-0.15, -0.1) is 0 Å². The van der Waals surface area contributed by atoms with Crippen molar-refractivity contribution in [2.24, 2.45) is 0 Å². The molecule has 0 saturated carbocycles. The van der Waals surface area contributed by atoms with E-state index in [2.05, 4.69) is 31.2 Å². The zero-order valence-electron chi connectivity index (χ0n) is 15.5. The Labute approximate surface area is 150 Å². The Morgan fingerprint density at radius 3 is 2.12 bits per heavy atom. The van der Waals surface area contributed by atoms with Gasteiger partial charge in [0, 0.05) is 20.0 Å². The van der Waals surface area contributed by atoms with Gasteiger partial charge in [0.15, 0.2) is 11.5 Å². The van der Waals surface area contributed by atoms with Gasteiger partial charge in [-0.2, -0.15) is 0 Å². The summed E-state index contributed by atoms with van der Waals surface area (Å²) in [5, 5.41) is 0. The predicted octanol–water partition coefficient (Wildman–Crippen LogP) is 3.86. The second-order valence-electron chi connectivity index (χ2n) is 6.11. The molecule has 0 bridgehead atoms. The van der Waals surface area contributed by atoms with Gasteiger partial charge in [-0.3, -0.25) is 4.79 Å². The number of carbonyl (C=O) groups excluding carboxylic acids is 1. The molecule has 0 aliphatic carbocycles. The lowest BCUT2D eigenvalue weighted by atomic mass is 10.1. The summed E-state index contributed by atoms with van der Waals surface area (Å²) in [7, 11) is 5.08. The fraction of sp³-hybridized carbons (Fsp3) is 0.381. The number of rotatable bonds is 8. The van der Waals surface area contributed by atoms with Crippen molar-refractivity contribution < 1.29 is 14.3 Å². The number of carbonyl (C=O) groups is 1. The molecule has 0 spiro atoms. The Hall–Kier alpha value is -2.49. The molecule has 0 N–H and O–H groups in total. The Balaban J connectivity index is 1.90. The molecule has 0 heterocycles. The predicted molar refractivity (Wildman–Crippen MR) is 100 cm³/mol. The van der Waals surface area contributed by atoms with E-state index in [0.29, 0.717) is 30.9 Å². The zero-order chi connectivity index (χ0) is 18.2. The van der Waals surface area contributed by atoms with Crippen LogP contribution in [0.1, 0.15) is 30.0 Å². The molecule has 4 heteroatoms. The SMILES string of the molecule is CCc1ccc(CN(C)C(=O)CCc2ccc(OC)c(OC)c2)cc1. The standard InChI is InChI=1S/C21H27NO3/c1-5-16-6-8-18(9-7-16)15-22(2)21(23)13-11-17-10-12-19(24-3)20(14-17)25-4/h6-10,12,14H,5,11,13,15H2,1-4H3. The smallest absolute Gasteiger partial charge is 0.222 e.